The fourth-order valence-corrected chi connectivity index (χ4v) is 2.44. The second-order valence-electron chi connectivity index (χ2n) is 5.71. The molecule has 0 saturated heterocycles. The van der Waals surface area contributed by atoms with Gasteiger partial charge >= 0.3 is 0 Å². The molecule has 0 radical (unpaired) electrons. The van der Waals surface area contributed by atoms with Gasteiger partial charge in [-0.1, -0.05) is 11.6 Å². The van der Waals surface area contributed by atoms with Crippen LogP contribution in [0.15, 0.2) is 36.4 Å². The monoisotopic (exact) mass is 367 g/mol. The lowest BCUT2D eigenvalue weighted by Gasteiger charge is -2.11. The van der Waals surface area contributed by atoms with E-state index in [4.69, 9.17) is 21.1 Å². The highest BCUT2D eigenvalue weighted by Gasteiger charge is 2.29. The van der Waals surface area contributed by atoms with Gasteiger partial charge in [-0.3, -0.25) is 4.79 Å². The van der Waals surface area contributed by atoms with Crippen molar-refractivity contribution in [1.82, 2.24) is 5.32 Å². The minimum absolute atomic E-state index is 0.0324. The van der Waals surface area contributed by atoms with Gasteiger partial charge in [-0.25, -0.2) is 8.78 Å². The van der Waals surface area contributed by atoms with E-state index in [1.807, 2.05) is 0 Å². The van der Waals surface area contributed by atoms with Crippen LogP contribution < -0.4 is 14.8 Å². The predicted octanol–water partition coefficient (Wildman–Crippen LogP) is 4.32. The normalized spacial score (nSPS) is 13.4. The number of halogens is 3. The maximum atomic E-state index is 13.2. The van der Waals surface area contributed by atoms with Gasteiger partial charge in [-0.15, -0.1) is 0 Å². The third kappa shape index (κ3) is 5.06. The lowest BCUT2D eigenvalue weighted by atomic mass is 10.3. The standard InChI is InChI=1S/C18H16ClF2NO3/c19-16-10-14(25-15-8-12(20)7-13(21)9-15)3-4-17(16)24-6-5-22-18(23)11-1-2-11/h3-4,7-11H,1-2,5-6H2,(H,22,23). The summed E-state index contributed by atoms with van der Waals surface area (Å²) >= 11 is 6.12. The Morgan fingerprint density at radius 3 is 2.48 bits per heavy atom. The van der Waals surface area contributed by atoms with E-state index in [0.29, 0.717) is 23.1 Å². The first kappa shape index (κ1) is 17.5. The number of benzene rings is 2. The number of amides is 1. The fourth-order valence-electron chi connectivity index (χ4n) is 2.21. The van der Waals surface area contributed by atoms with Crippen molar-refractivity contribution in [2.75, 3.05) is 13.2 Å². The van der Waals surface area contributed by atoms with E-state index >= 15 is 0 Å². The lowest BCUT2D eigenvalue weighted by molar-refractivity contribution is -0.122. The first-order valence-corrected chi connectivity index (χ1v) is 8.23. The SMILES string of the molecule is O=C(NCCOc1ccc(Oc2cc(F)cc(F)c2)cc1Cl)C1CC1. The van der Waals surface area contributed by atoms with Gasteiger partial charge in [0.1, 0.15) is 35.5 Å². The van der Waals surface area contributed by atoms with Crippen LogP contribution in [0.3, 0.4) is 0 Å². The summed E-state index contributed by atoms with van der Waals surface area (Å²) in [5.41, 5.74) is 0. The van der Waals surface area contributed by atoms with Gasteiger partial charge in [0.05, 0.1) is 11.6 Å². The summed E-state index contributed by atoms with van der Waals surface area (Å²) in [5.74, 6) is -0.452. The topological polar surface area (TPSA) is 47.6 Å². The van der Waals surface area contributed by atoms with Crippen LogP contribution in [0.2, 0.25) is 5.02 Å². The minimum atomic E-state index is -0.728. The van der Waals surface area contributed by atoms with E-state index in [2.05, 4.69) is 5.32 Å². The van der Waals surface area contributed by atoms with Crippen molar-refractivity contribution >= 4 is 17.5 Å². The Labute approximate surface area is 148 Å². The zero-order valence-corrected chi connectivity index (χ0v) is 14.0. The summed E-state index contributed by atoms with van der Waals surface area (Å²) in [7, 11) is 0. The molecule has 0 heterocycles. The van der Waals surface area contributed by atoms with Crippen molar-refractivity contribution in [3.8, 4) is 17.2 Å². The molecule has 4 nitrogen and oxygen atoms in total. The van der Waals surface area contributed by atoms with E-state index in [0.717, 1.165) is 31.0 Å². The predicted molar refractivity (Wildman–Crippen MR) is 89.1 cm³/mol. The number of ether oxygens (including phenoxy) is 2. The van der Waals surface area contributed by atoms with Crippen molar-refractivity contribution in [1.29, 1.82) is 0 Å². The molecule has 0 atom stereocenters. The highest BCUT2D eigenvalue weighted by Crippen LogP contribution is 2.32. The molecule has 132 valence electrons. The molecule has 0 spiro atoms. The second kappa shape index (κ2) is 7.70. The molecule has 0 aromatic heterocycles. The Bertz CT molecular complexity index is 761. The van der Waals surface area contributed by atoms with Crippen molar-refractivity contribution in [2.24, 2.45) is 5.92 Å². The van der Waals surface area contributed by atoms with Crippen LogP contribution in [0.1, 0.15) is 12.8 Å². The molecule has 2 aromatic rings. The smallest absolute Gasteiger partial charge is 0.223 e. The molecule has 0 aliphatic heterocycles. The Kier molecular flexibility index (Phi) is 5.38. The van der Waals surface area contributed by atoms with Crippen LogP contribution in [-0.2, 0) is 4.79 Å². The van der Waals surface area contributed by atoms with Crippen LogP contribution in [0.25, 0.3) is 0 Å². The molecule has 1 saturated carbocycles. The third-order valence-corrected chi connectivity index (χ3v) is 3.88. The molecule has 2 aromatic carbocycles. The zero-order chi connectivity index (χ0) is 17.8. The number of carbonyl (C=O) groups excluding carboxylic acids is 1. The number of carbonyl (C=O) groups is 1. The largest absolute Gasteiger partial charge is 0.490 e. The Morgan fingerprint density at radius 1 is 1.12 bits per heavy atom. The summed E-state index contributed by atoms with van der Waals surface area (Å²) < 4.78 is 37.2. The van der Waals surface area contributed by atoms with Gasteiger partial charge in [0.15, 0.2) is 0 Å². The summed E-state index contributed by atoms with van der Waals surface area (Å²) in [4.78, 5) is 11.5. The Hall–Kier alpha value is -2.34. The molecule has 1 aliphatic rings. The molecule has 1 fully saturated rings. The molecule has 1 aliphatic carbocycles. The molecular weight excluding hydrogens is 352 g/mol. The number of hydrogen-bond donors (Lipinski definition) is 1. The highest BCUT2D eigenvalue weighted by atomic mass is 35.5. The molecule has 0 unspecified atom stereocenters. The van der Waals surface area contributed by atoms with Crippen molar-refractivity contribution in [3.05, 3.63) is 53.1 Å². The molecule has 1 N–H and O–H groups in total. The van der Waals surface area contributed by atoms with Gasteiger partial charge in [0.25, 0.3) is 0 Å². The summed E-state index contributed by atoms with van der Waals surface area (Å²) in [6.07, 6.45) is 1.91. The first-order chi connectivity index (χ1) is 12.0. The van der Waals surface area contributed by atoms with Crippen LogP contribution in [-0.4, -0.2) is 19.1 Å². The minimum Gasteiger partial charge on any atom is -0.490 e. The summed E-state index contributed by atoms with van der Waals surface area (Å²) in [5, 5.41) is 3.08. The number of nitrogens with one attached hydrogen (secondary N) is 1. The zero-order valence-electron chi connectivity index (χ0n) is 13.2. The third-order valence-electron chi connectivity index (χ3n) is 3.58. The molecule has 0 bridgehead atoms. The molecule has 7 heteroatoms. The van der Waals surface area contributed by atoms with Crippen molar-refractivity contribution in [2.45, 2.75) is 12.8 Å². The maximum absolute atomic E-state index is 13.2. The Morgan fingerprint density at radius 2 is 1.84 bits per heavy atom. The quantitative estimate of drug-likeness (QED) is 0.741. The average Bonchev–Trinajstić information content (AvgIpc) is 3.37. The van der Waals surface area contributed by atoms with E-state index < -0.39 is 11.6 Å². The molecule has 1 amide bonds. The van der Waals surface area contributed by atoms with Gasteiger partial charge in [-0.05, 0) is 25.0 Å². The average molecular weight is 368 g/mol. The maximum Gasteiger partial charge on any atom is 0.223 e. The van der Waals surface area contributed by atoms with Crippen LogP contribution in [0.4, 0.5) is 8.78 Å². The molecular formula is C18H16ClF2NO3. The molecule has 3 rings (SSSR count). The summed E-state index contributed by atoms with van der Waals surface area (Å²) in [6.45, 7) is 0.681. The van der Waals surface area contributed by atoms with Gasteiger partial charge in [-0.2, -0.15) is 0 Å². The molecule has 25 heavy (non-hydrogen) atoms. The van der Waals surface area contributed by atoms with Crippen LogP contribution in [0, 0.1) is 17.6 Å². The number of rotatable bonds is 7. The van der Waals surface area contributed by atoms with E-state index in [-0.39, 0.29) is 24.2 Å². The van der Waals surface area contributed by atoms with E-state index in [1.165, 1.54) is 6.07 Å². The lowest BCUT2D eigenvalue weighted by Crippen LogP contribution is -2.29. The number of hydrogen-bond acceptors (Lipinski definition) is 3. The van der Waals surface area contributed by atoms with Crippen LogP contribution in [0.5, 0.6) is 17.2 Å². The van der Waals surface area contributed by atoms with Crippen molar-refractivity contribution in [3.63, 3.8) is 0 Å². The van der Waals surface area contributed by atoms with E-state index in [9.17, 15) is 13.6 Å². The second-order valence-corrected chi connectivity index (χ2v) is 6.12. The fraction of sp³-hybridized carbons (Fsp3) is 0.278. The van der Waals surface area contributed by atoms with Gasteiger partial charge in [0, 0.05) is 30.2 Å². The van der Waals surface area contributed by atoms with E-state index in [1.54, 1.807) is 12.1 Å². The first-order valence-electron chi connectivity index (χ1n) is 7.85. The highest BCUT2D eigenvalue weighted by molar-refractivity contribution is 6.32. The van der Waals surface area contributed by atoms with Gasteiger partial charge in [0.2, 0.25) is 5.91 Å². The summed E-state index contributed by atoms with van der Waals surface area (Å²) in [6, 6.07) is 7.57. The van der Waals surface area contributed by atoms with Gasteiger partial charge < -0.3 is 14.8 Å². The van der Waals surface area contributed by atoms with Crippen LogP contribution >= 0.6 is 11.6 Å². The van der Waals surface area contributed by atoms with Crippen molar-refractivity contribution < 1.29 is 23.0 Å². The Balaban J connectivity index is 1.53.